The van der Waals surface area contributed by atoms with Crippen molar-refractivity contribution in [2.24, 2.45) is 17.1 Å². The Kier molecular flexibility index (Phi) is 6.82. The Morgan fingerprint density at radius 1 is 1.38 bits per heavy atom. The zero-order valence-corrected chi connectivity index (χ0v) is 13.7. The molecule has 0 radical (unpaired) electrons. The standard InChI is InChI=1S/C17H29N3O/c1-13(14-6-5-11-19-12-14)20-16(21)8-7-15(9-10-18)17(2,3)4/h5-6,11-13,15H,7-10,18H2,1-4H3,(H,20,21)/t13-,15?/m0/s1. The van der Waals surface area contributed by atoms with E-state index in [0.29, 0.717) is 18.9 Å². The number of hydrogen-bond acceptors (Lipinski definition) is 3. The minimum absolute atomic E-state index is 0.00575. The van der Waals surface area contributed by atoms with E-state index >= 15 is 0 Å². The van der Waals surface area contributed by atoms with E-state index in [0.717, 1.165) is 18.4 Å². The first-order valence-electron chi connectivity index (χ1n) is 7.74. The van der Waals surface area contributed by atoms with Gasteiger partial charge in [-0.25, -0.2) is 0 Å². The van der Waals surface area contributed by atoms with Crippen LogP contribution in [0.4, 0.5) is 0 Å². The summed E-state index contributed by atoms with van der Waals surface area (Å²) in [6, 6.07) is 3.85. The summed E-state index contributed by atoms with van der Waals surface area (Å²) in [7, 11) is 0. The number of nitrogens with one attached hydrogen (secondary N) is 1. The van der Waals surface area contributed by atoms with Gasteiger partial charge >= 0.3 is 0 Å². The molecular formula is C17H29N3O. The van der Waals surface area contributed by atoms with Crippen LogP contribution in [0.25, 0.3) is 0 Å². The SMILES string of the molecule is C[C@H](NC(=O)CCC(CCN)C(C)(C)C)c1cccnc1. The van der Waals surface area contributed by atoms with Crippen molar-refractivity contribution in [1.82, 2.24) is 10.3 Å². The third-order valence-corrected chi connectivity index (χ3v) is 4.02. The monoisotopic (exact) mass is 291 g/mol. The van der Waals surface area contributed by atoms with Crippen molar-refractivity contribution in [3.8, 4) is 0 Å². The summed E-state index contributed by atoms with van der Waals surface area (Å²) in [6.45, 7) is 9.29. The van der Waals surface area contributed by atoms with Crippen LogP contribution in [0.15, 0.2) is 24.5 Å². The van der Waals surface area contributed by atoms with E-state index in [1.807, 2.05) is 19.1 Å². The summed E-state index contributed by atoms with van der Waals surface area (Å²) in [4.78, 5) is 16.2. The lowest BCUT2D eigenvalue weighted by molar-refractivity contribution is -0.122. The molecule has 3 N–H and O–H groups in total. The molecule has 0 aliphatic rings. The van der Waals surface area contributed by atoms with Gasteiger partial charge < -0.3 is 11.1 Å². The maximum atomic E-state index is 12.1. The van der Waals surface area contributed by atoms with Gasteiger partial charge in [-0.05, 0) is 49.3 Å². The van der Waals surface area contributed by atoms with Crippen LogP contribution in [0.2, 0.25) is 0 Å². The minimum atomic E-state index is -0.00575. The van der Waals surface area contributed by atoms with E-state index in [4.69, 9.17) is 5.73 Å². The first kappa shape index (κ1) is 17.6. The van der Waals surface area contributed by atoms with E-state index in [9.17, 15) is 4.79 Å². The highest BCUT2D eigenvalue weighted by atomic mass is 16.1. The molecule has 0 saturated carbocycles. The van der Waals surface area contributed by atoms with Crippen LogP contribution < -0.4 is 11.1 Å². The van der Waals surface area contributed by atoms with E-state index in [2.05, 4.69) is 31.1 Å². The molecule has 0 aliphatic carbocycles. The van der Waals surface area contributed by atoms with Crippen molar-refractivity contribution in [3.63, 3.8) is 0 Å². The van der Waals surface area contributed by atoms with Crippen LogP contribution >= 0.6 is 0 Å². The Bertz CT molecular complexity index is 425. The van der Waals surface area contributed by atoms with Gasteiger partial charge in [-0.1, -0.05) is 26.8 Å². The molecular weight excluding hydrogens is 262 g/mol. The molecule has 1 unspecified atom stereocenters. The quantitative estimate of drug-likeness (QED) is 0.811. The predicted molar refractivity (Wildman–Crippen MR) is 86.6 cm³/mol. The van der Waals surface area contributed by atoms with Gasteiger partial charge in [0, 0.05) is 18.8 Å². The molecule has 0 aliphatic heterocycles. The van der Waals surface area contributed by atoms with Crippen LogP contribution in [0.5, 0.6) is 0 Å². The fourth-order valence-electron chi connectivity index (χ4n) is 2.55. The third-order valence-electron chi connectivity index (χ3n) is 4.02. The summed E-state index contributed by atoms with van der Waals surface area (Å²) >= 11 is 0. The highest BCUT2D eigenvalue weighted by Crippen LogP contribution is 2.32. The number of rotatable bonds is 7. The molecule has 1 rings (SSSR count). The second-order valence-electron chi connectivity index (χ2n) is 6.75. The maximum Gasteiger partial charge on any atom is 0.220 e. The summed E-state index contributed by atoms with van der Waals surface area (Å²) in [5.41, 5.74) is 6.90. The number of carbonyl (C=O) groups excluding carboxylic acids is 1. The van der Waals surface area contributed by atoms with Gasteiger partial charge in [-0.3, -0.25) is 9.78 Å². The molecule has 0 saturated heterocycles. The molecule has 0 bridgehead atoms. The van der Waals surface area contributed by atoms with Crippen molar-refractivity contribution in [2.75, 3.05) is 6.54 Å². The summed E-state index contributed by atoms with van der Waals surface area (Å²) in [5, 5.41) is 3.03. The van der Waals surface area contributed by atoms with Gasteiger partial charge in [-0.15, -0.1) is 0 Å². The van der Waals surface area contributed by atoms with Gasteiger partial charge in [0.25, 0.3) is 0 Å². The molecule has 0 fully saturated rings. The van der Waals surface area contributed by atoms with Crippen LogP contribution in [0.1, 0.15) is 58.6 Å². The molecule has 1 aromatic heterocycles. The Morgan fingerprint density at radius 2 is 2.10 bits per heavy atom. The largest absolute Gasteiger partial charge is 0.350 e. The molecule has 0 spiro atoms. The highest BCUT2D eigenvalue weighted by Gasteiger charge is 2.24. The molecule has 4 nitrogen and oxygen atoms in total. The first-order valence-corrected chi connectivity index (χ1v) is 7.74. The summed E-state index contributed by atoms with van der Waals surface area (Å²) < 4.78 is 0. The Balaban J connectivity index is 2.46. The van der Waals surface area contributed by atoms with Gasteiger partial charge in [-0.2, -0.15) is 0 Å². The number of nitrogens with two attached hydrogens (primary N) is 1. The van der Waals surface area contributed by atoms with Gasteiger partial charge in [0.05, 0.1) is 6.04 Å². The Morgan fingerprint density at radius 3 is 2.62 bits per heavy atom. The second kappa shape index (κ2) is 8.13. The molecule has 1 aromatic rings. The molecule has 0 aromatic carbocycles. The van der Waals surface area contributed by atoms with Crippen molar-refractivity contribution < 1.29 is 4.79 Å². The second-order valence-corrected chi connectivity index (χ2v) is 6.75. The van der Waals surface area contributed by atoms with E-state index in [-0.39, 0.29) is 17.4 Å². The molecule has 118 valence electrons. The topological polar surface area (TPSA) is 68.0 Å². The average molecular weight is 291 g/mol. The number of carbonyl (C=O) groups is 1. The van der Waals surface area contributed by atoms with Crippen molar-refractivity contribution >= 4 is 5.91 Å². The average Bonchev–Trinajstić information content (AvgIpc) is 2.43. The number of pyridine rings is 1. The zero-order valence-electron chi connectivity index (χ0n) is 13.7. The maximum absolute atomic E-state index is 12.1. The lowest BCUT2D eigenvalue weighted by Gasteiger charge is -2.30. The molecule has 21 heavy (non-hydrogen) atoms. The number of hydrogen-bond donors (Lipinski definition) is 2. The molecule has 2 atom stereocenters. The third kappa shape index (κ3) is 6.25. The lowest BCUT2D eigenvalue weighted by atomic mass is 9.76. The van der Waals surface area contributed by atoms with E-state index in [1.165, 1.54) is 0 Å². The smallest absolute Gasteiger partial charge is 0.220 e. The number of nitrogens with zero attached hydrogens (tertiary/aromatic N) is 1. The fraction of sp³-hybridized carbons (Fsp3) is 0.647. The van der Waals surface area contributed by atoms with Crippen LogP contribution in [-0.2, 0) is 4.79 Å². The molecule has 4 heteroatoms. The summed E-state index contributed by atoms with van der Waals surface area (Å²) in [5.74, 6) is 0.569. The zero-order chi connectivity index (χ0) is 15.9. The number of amides is 1. The van der Waals surface area contributed by atoms with Gasteiger partial charge in [0.2, 0.25) is 5.91 Å². The van der Waals surface area contributed by atoms with Crippen LogP contribution in [0.3, 0.4) is 0 Å². The van der Waals surface area contributed by atoms with Gasteiger partial charge in [0.15, 0.2) is 0 Å². The van der Waals surface area contributed by atoms with Gasteiger partial charge in [0.1, 0.15) is 0 Å². The predicted octanol–water partition coefficient (Wildman–Crippen LogP) is 3.05. The van der Waals surface area contributed by atoms with Crippen molar-refractivity contribution in [2.45, 2.75) is 53.0 Å². The fourth-order valence-corrected chi connectivity index (χ4v) is 2.55. The normalized spacial score (nSPS) is 14.5. The molecule has 1 amide bonds. The molecule has 1 heterocycles. The van der Waals surface area contributed by atoms with Crippen LogP contribution in [0, 0.1) is 11.3 Å². The van der Waals surface area contributed by atoms with Crippen LogP contribution in [-0.4, -0.2) is 17.4 Å². The van der Waals surface area contributed by atoms with Crippen molar-refractivity contribution in [3.05, 3.63) is 30.1 Å². The van der Waals surface area contributed by atoms with Crippen molar-refractivity contribution in [1.29, 1.82) is 0 Å². The summed E-state index contributed by atoms with van der Waals surface area (Å²) in [6.07, 6.45) is 5.92. The minimum Gasteiger partial charge on any atom is -0.350 e. The Hall–Kier alpha value is -1.42. The lowest BCUT2D eigenvalue weighted by Crippen LogP contribution is -2.29. The highest BCUT2D eigenvalue weighted by molar-refractivity contribution is 5.76. The Labute approximate surface area is 128 Å². The number of aromatic nitrogens is 1. The van der Waals surface area contributed by atoms with E-state index < -0.39 is 0 Å². The first-order chi connectivity index (χ1) is 9.84. The van der Waals surface area contributed by atoms with E-state index in [1.54, 1.807) is 12.4 Å².